The Hall–Kier alpha value is -3.31. The van der Waals surface area contributed by atoms with E-state index in [1.165, 1.54) is 0 Å². The molecule has 0 bridgehead atoms. The molecule has 5 heteroatoms. The van der Waals surface area contributed by atoms with Crippen molar-refractivity contribution in [3.63, 3.8) is 0 Å². The van der Waals surface area contributed by atoms with Crippen LogP contribution in [0.25, 0.3) is 0 Å². The van der Waals surface area contributed by atoms with E-state index in [2.05, 4.69) is 46.3 Å². The van der Waals surface area contributed by atoms with Gasteiger partial charge in [0.1, 0.15) is 13.2 Å². The first-order valence-electron chi connectivity index (χ1n) is 10.7. The molecule has 1 saturated heterocycles. The van der Waals surface area contributed by atoms with Crippen LogP contribution in [0.3, 0.4) is 0 Å². The van der Waals surface area contributed by atoms with Gasteiger partial charge < -0.3 is 14.4 Å². The number of hydrogen-bond acceptors (Lipinski definition) is 5. The molecule has 0 radical (unpaired) electrons. The Morgan fingerprint density at radius 1 is 0.742 bits per heavy atom. The van der Waals surface area contributed by atoms with Crippen LogP contribution >= 0.6 is 0 Å². The molecule has 5 nitrogen and oxygen atoms in total. The Bertz CT molecular complexity index is 968. The Morgan fingerprint density at radius 2 is 1.32 bits per heavy atom. The Morgan fingerprint density at radius 3 is 1.94 bits per heavy atom. The smallest absolute Gasteiger partial charge is 0.162 e. The summed E-state index contributed by atoms with van der Waals surface area (Å²) in [5, 5.41) is 6.77. The summed E-state index contributed by atoms with van der Waals surface area (Å²) in [7, 11) is 2.14. The van der Waals surface area contributed by atoms with Crippen LogP contribution in [0, 0.1) is 0 Å². The topological polar surface area (TPSA) is 37.3 Å². The average molecular weight is 416 g/mol. The largest absolute Gasteiger partial charge is 0.485 e. The van der Waals surface area contributed by atoms with Gasteiger partial charge in [-0.25, -0.2) is 0 Å². The van der Waals surface area contributed by atoms with Crippen molar-refractivity contribution in [2.24, 2.45) is 5.10 Å². The third-order valence-electron chi connectivity index (χ3n) is 5.29. The predicted molar refractivity (Wildman–Crippen MR) is 125 cm³/mol. The van der Waals surface area contributed by atoms with Crippen molar-refractivity contribution in [1.29, 1.82) is 0 Å². The molecule has 4 rings (SSSR count). The molecule has 0 unspecified atom stereocenters. The van der Waals surface area contributed by atoms with E-state index >= 15 is 0 Å². The maximum atomic E-state index is 6.15. The molecule has 0 saturated carbocycles. The van der Waals surface area contributed by atoms with Gasteiger partial charge in [0.25, 0.3) is 0 Å². The number of hydrazone groups is 1. The van der Waals surface area contributed by atoms with Crippen LogP contribution in [0.5, 0.6) is 11.5 Å². The van der Waals surface area contributed by atoms with Crippen molar-refractivity contribution in [3.05, 3.63) is 95.6 Å². The summed E-state index contributed by atoms with van der Waals surface area (Å²) in [6.07, 6.45) is 1.90. The second kappa shape index (κ2) is 10.6. The third kappa shape index (κ3) is 6.33. The monoisotopic (exact) mass is 415 g/mol. The SMILES string of the molecule is CN1CCN(/N=C/c2ccc(OCc3ccccc3)c(OCc3ccccc3)c2)CC1. The summed E-state index contributed by atoms with van der Waals surface area (Å²) in [6, 6.07) is 26.3. The first-order chi connectivity index (χ1) is 15.3. The summed E-state index contributed by atoms with van der Waals surface area (Å²) in [5.41, 5.74) is 3.24. The fraction of sp³-hybridized carbons (Fsp3) is 0.269. The van der Waals surface area contributed by atoms with Gasteiger partial charge in [0.2, 0.25) is 0 Å². The zero-order valence-electron chi connectivity index (χ0n) is 18.0. The summed E-state index contributed by atoms with van der Waals surface area (Å²) in [6.45, 7) is 4.95. The van der Waals surface area contributed by atoms with Gasteiger partial charge in [-0.2, -0.15) is 5.10 Å². The lowest BCUT2D eigenvalue weighted by Gasteiger charge is -2.30. The standard InChI is InChI=1S/C26H29N3O2/c1-28-14-16-29(17-15-28)27-19-24-12-13-25(30-20-22-8-4-2-5-9-22)26(18-24)31-21-23-10-6-3-7-11-23/h2-13,18-19H,14-17,20-21H2,1H3/b27-19+. The molecule has 1 aliphatic rings. The Labute approximate surface area is 184 Å². The maximum absolute atomic E-state index is 6.15. The Balaban J connectivity index is 1.47. The molecule has 0 aromatic heterocycles. The van der Waals surface area contributed by atoms with Crippen molar-refractivity contribution in [1.82, 2.24) is 9.91 Å². The molecular formula is C26H29N3O2. The quantitative estimate of drug-likeness (QED) is 0.510. The van der Waals surface area contributed by atoms with Gasteiger partial charge in [-0.1, -0.05) is 60.7 Å². The van der Waals surface area contributed by atoms with E-state index in [4.69, 9.17) is 9.47 Å². The van der Waals surface area contributed by atoms with Crippen LogP contribution in [0.15, 0.2) is 84.0 Å². The van der Waals surface area contributed by atoms with Gasteiger partial charge in [-0.05, 0) is 41.9 Å². The van der Waals surface area contributed by atoms with Crippen molar-refractivity contribution < 1.29 is 9.47 Å². The highest BCUT2D eigenvalue weighted by molar-refractivity contribution is 5.80. The van der Waals surface area contributed by atoms with E-state index < -0.39 is 0 Å². The van der Waals surface area contributed by atoms with Crippen molar-refractivity contribution in [2.75, 3.05) is 33.2 Å². The van der Waals surface area contributed by atoms with E-state index in [0.29, 0.717) is 13.2 Å². The molecule has 0 N–H and O–H groups in total. The fourth-order valence-electron chi connectivity index (χ4n) is 3.37. The second-order valence-corrected chi connectivity index (χ2v) is 7.76. The van der Waals surface area contributed by atoms with E-state index in [9.17, 15) is 0 Å². The van der Waals surface area contributed by atoms with Gasteiger partial charge in [-0.3, -0.25) is 5.01 Å². The number of rotatable bonds is 8. The summed E-state index contributed by atoms with van der Waals surface area (Å²) >= 11 is 0. The predicted octanol–water partition coefficient (Wildman–Crippen LogP) is 4.43. The molecule has 0 aliphatic carbocycles. The second-order valence-electron chi connectivity index (χ2n) is 7.76. The number of ether oxygens (including phenoxy) is 2. The molecule has 31 heavy (non-hydrogen) atoms. The van der Waals surface area contributed by atoms with E-state index in [1.807, 2.05) is 60.8 Å². The van der Waals surface area contributed by atoms with Crippen molar-refractivity contribution >= 4 is 6.21 Å². The summed E-state index contributed by atoms with van der Waals surface area (Å²) < 4.78 is 12.2. The average Bonchev–Trinajstić information content (AvgIpc) is 2.83. The lowest BCUT2D eigenvalue weighted by Crippen LogP contribution is -2.41. The lowest BCUT2D eigenvalue weighted by atomic mass is 10.2. The minimum absolute atomic E-state index is 0.488. The molecule has 3 aromatic rings. The molecule has 3 aromatic carbocycles. The van der Waals surface area contributed by atoms with Gasteiger partial charge in [0.15, 0.2) is 11.5 Å². The Kier molecular flexibility index (Phi) is 7.19. The number of nitrogens with zero attached hydrogens (tertiary/aromatic N) is 3. The highest BCUT2D eigenvalue weighted by Gasteiger charge is 2.12. The normalized spacial score (nSPS) is 14.7. The molecule has 0 amide bonds. The van der Waals surface area contributed by atoms with Crippen molar-refractivity contribution in [2.45, 2.75) is 13.2 Å². The van der Waals surface area contributed by atoms with E-state index in [0.717, 1.165) is 54.4 Å². The minimum atomic E-state index is 0.488. The third-order valence-corrected chi connectivity index (χ3v) is 5.29. The van der Waals surface area contributed by atoms with Crippen molar-refractivity contribution in [3.8, 4) is 11.5 Å². The van der Waals surface area contributed by atoms with Crippen LogP contribution in [0.1, 0.15) is 16.7 Å². The van der Waals surface area contributed by atoms with Crippen LogP contribution in [-0.2, 0) is 13.2 Å². The molecule has 160 valence electrons. The van der Waals surface area contributed by atoms with E-state index in [-0.39, 0.29) is 0 Å². The molecule has 1 aliphatic heterocycles. The maximum Gasteiger partial charge on any atom is 0.162 e. The van der Waals surface area contributed by atoms with Gasteiger partial charge in [0.05, 0.1) is 6.21 Å². The van der Waals surface area contributed by atoms with E-state index in [1.54, 1.807) is 0 Å². The van der Waals surface area contributed by atoms with Gasteiger partial charge in [0, 0.05) is 26.2 Å². The van der Waals surface area contributed by atoms with Crippen LogP contribution in [0.2, 0.25) is 0 Å². The lowest BCUT2D eigenvalue weighted by molar-refractivity contribution is 0.159. The number of hydrogen-bond donors (Lipinski definition) is 0. The molecular weight excluding hydrogens is 386 g/mol. The first kappa shape index (κ1) is 20.9. The number of benzene rings is 3. The zero-order valence-corrected chi connectivity index (χ0v) is 18.0. The number of likely N-dealkylation sites (N-methyl/N-ethyl adjacent to an activating group) is 1. The van der Waals surface area contributed by atoms with Crippen LogP contribution < -0.4 is 9.47 Å². The van der Waals surface area contributed by atoms with Gasteiger partial charge in [-0.15, -0.1) is 0 Å². The fourth-order valence-corrected chi connectivity index (χ4v) is 3.37. The van der Waals surface area contributed by atoms with Crippen LogP contribution in [-0.4, -0.2) is 49.4 Å². The number of piperazine rings is 1. The first-order valence-corrected chi connectivity index (χ1v) is 10.7. The minimum Gasteiger partial charge on any atom is -0.485 e. The molecule has 0 spiro atoms. The summed E-state index contributed by atoms with van der Waals surface area (Å²) in [5.74, 6) is 1.46. The highest BCUT2D eigenvalue weighted by Crippen LogP contribution is 2.30. The van der Waals surface area contributed by atoms with Crippen LogP contribution in [0.4, 0.5) is 0 Å². The highest BCUT2D eigenvalue weighted by atomic mass is 16.5. The zero-order chi connectivity index (χ0) is 21.3. The van der Waals surface area contributed by atoms with Gasteiger partial charge >= 0.3 is 0 Å². The molecule has 1 heterocycles. The molecule has 1 fully saturated rings. The molecule has 0 atom stereocenters. The summed E-state index contributed by atoms with van der Waals surface area (Å²) in [4.78, 5) is 2.32.